The highest BCUT2D eigenvalue weighted by Crippen LogP contribution is 1.94. The molecule has 0 aromatic rings. The first-order chi connectivity index (χ1) is 5.20. The SMILES string of the molecule is CCOC(C)OCC(O)OC. The summed E-state index contributed by atoms with van der Waals surface area (Å²) in [5.74, 6) is 0. The average molecular weight is 164 g/mol. The molecule has 4 heteroatoms. The molecule has 0 heterocycles. The maximum atomic E-state index is 8.87. The van der Waals surface area contributed by atoms with Crippen LogP contribution in [-0.2, 0) is 14.2 Å². The van der Waals surface area contributed by atoms with Crippen LogP contribution in [-0.4, -0.2) is 38.0 Å². The van der Waals surface area contributed by atoms with E-state index in [0.29, 0.717) is 6.61 Å². The Morgan fingerprint density at radius 1 is 1.36 bits per heavy atom. The van der Waals surface area contributed by atoms with E-state index in [0.717, 1.165) is 0 Å². The van der Waals surface area contributed by atoms with Crippen LogP contribution in [0.2, 0.25) is 0 Å². The van der Waals surface area contributed by atoms with Crippen molar-refractivity contribution in [3.8, 4) is 0 Å². The smallest absolute Gasteiger partial charge is 0.177 e. The first-order valence-corrected chi connectivity index (χ1v) is 3.64. The number of methoxy groups -OCH3 is 1. The van der Waals surface area contributed by atoms with Crippen LogP contribution < -0.4 is 0 Å². The summed E-state index contributed by atoms with van der Waals surface area (Å²) >= 11 is 0. The van der Waals surface area contributed by atoms with Gasteiger partial charge in [-0.1, -0.05) is 0 Å². The summed E-state index contributed by atoms with van der Waals surface area (Å²) in [5, 5.41) is 8.87. The van der Waals surface area contributed by atoms with Crippen molar-refractivity contribution >= 4 is 0 Å². The molecule has 68 valence electrons. The first kappa shape index (κ1) is 10.8. The van der Waals surface area contributed by atoms with Crippen LogP contribution in [0.5, 0.6) is 0 Å². The average Bonchev–Trinajstić information content (AvgIpc) is 2.01. The minimum atomic E-state index is -0.863. The van der Waals surface area contributed by atoms with Crippen LogP contribution in [0.4, 0.5) is 0 Å². The van der Waals surface area contributed by atoms with E-state index in [1.165, 1.54) is 7.11 Å². The topological polar surface area (TPSA) is 47.9 Å². The van der Waals surface area contributed by atoms with E-state index in [2.05, 4.69) is 4.74 Å². The fraction of sp³-hybridized carbons (Fsp3) is 1.00. The highest BCUT2D eigenvalue weighted by Gasteiger charge is 2.05. The molecule has 2 unspecified atom stereocenters. The Kier molecular flexibility index (Phi) is 6.45. The Hall–Kier alpha value is -0.160. The number of aliphatic hydroxyl groups excluding tert-OH is 1. The molecule has 0 bridgehead atoms. The van der Waals surface area contributed by atoms with Crippen molar-refractivity contribution in [2.45, 2.75) is 26.4 Å². The Morgan fingerprint density at radius 3 is 2.45 bits per heavy atom. The molecule has 0 saturated heterocycles. The fourth-order valence-electron chi connectivity index (χ4n) is 0.569. The zero-order valence-corrected chi connectivity index (χ0v) is 7.24. The quantitative estimate of drug-likeness (QED) is 0.575. The molecule has 0 rings (SSSR count). The Morgan fingerprint density at radius 2 is 2.00 bits per heavy atom. The minimum Gasteiger partial charge on any atom is -0.366 e. The van der Waals surface area contributed by atoms with Gasteiger partial charge in [0.05, 0.1) is 0 Å². The van der Waals surface area contributed by atoms with Gasteiger partial charge in [0.15, 0.2) is 12.6 Å². The van der Waals surface area contributed by atoms with Crippen molar-refractivity contribution in [2.24, 2.45) is 0 Å². The highest BCUT2D eigenvalue weighted by molar-refractivity contribution is 4.36. The lowest BCUT2D eigenvalue weighted by Gasteiger charge is -2.14. The van der Waals surface area contributed by atoms with Crippen molar-refractivity contribution in [3.05, 3.63) is 0 Å². The second kappa shape index (κ2) is 6.54. The molecule has 0 aromatic heterocycles. The van der Waals surface area contributed by atoms with Gasteiger partial charge < -0.3 is 19.3 Å². The Balaban J connectivity index is 3.22. The molecule has 0 amide bonds. The highest BCUT2D eigenvalue weighted by atomic mass is 16.7. The summed E-state index contributed by atoms with van der Waals surface area (Å²) in [4.78, 5) is 0. The lowest BCUT2D eigenvalue weighted by molar-refractivity contribution is -0.186. The number of rotatable bonds is 6. The summed E-state index contributed by atoms with van der Waals surface area (Å²) < 4.78 is 14.6. The van der Waals surface area contributed by atoms with Gasteiger partial charge in [-0.05, 0) is 13.8 Å². The van der Waals surface area contributed by atoms with Crippen molar-refractivity contribution in [1.82, 2.24) is 0 Å². The molecule has 0 aliphatic carbocycles. The number of hydrogen-bond acceptors (Lipinski definition) is 4. The van der Waals surface area contributed by atoms with Crippen molar-refractivity contribution < 1.29 is 19.3 Å². The third-order valence-corrected chi connectivity index (χ3v) is 1.15. The fourth-order valence-corrected chi connectivity index (χ4v) is 0.569. The van der Waals surface area contributed by atoms with Crippen LogP contribution >= 0.6 is 0 Å². The third kappa shape index (κ3) is 6.25. The summed E-state index contributed by atoms with van der Waals surface area (Å²) in [6, 6.07) is 0. The number of hydrogen-bond donors (Lipinski definition) is 1. The van der Waals surface area contributed by atoms with Gasteiger partial charge >= 0.3 is 0 Å². The van der Waals surface area contributed by atoms with Gasteiger partial charge in [-0.25, -0.2) is 0 Å². The van der Waals surface area contributed by atoms with Crippen molar-refractivity contribution in [1.29, 1.82) is 0 Å². The molecule has 0 fully saturated rings. The van der Waals surface area contributed by atoms with Crippen LogP contribution in [0.15, 0.2) is 0 Å². The largest absolute Gasteiger partial charge is 0.366 e. The Labute approximate surface area is 67.1 Å². The zero-order chi connectivity index (χ0) is 8.69. The predicted molar refractivity (Wildman–Crippen MR) is 40.1 cm³/mol. The lowest BCUT2D eigenvalue weighted by atomic mass is 10.6. The van der Waals surface area contributed by atoms with Gasteiger partial charge in [0.2, 0.25) is 0 Å². The molecular weight excluding hydrogens is 148 g/mol. The molecule has 0 aliphatic heterocycles. The normalized spacial score (nSPS) is 16.4. The van der Waals surface area contributed by atoms with E-state index in [1.54, 1.807) is 6.92 Å². The van der Waals surface area contributed by atoms with E-state index in [-0.39, 0.29) is 12.9 Å². The van der Waals surface area contributed by atoms with E-state index < -0.39 is 6.29 Å². The summed E-state index contributed by atoms with van der Waals surface area (Å²) in [6.07, 6.45) is -1.15. The van der Waals surface area contributed by atoms with Crippen LogP contribution in [0.25, 0.3) is 0 Å². The number of ether oxygens (including phenoxy) is 3. The Bertz CT molecular complexity index is 86.5. The zero-order valence-electron chi connectivity index (χ0n) is 7.24. The van der Waals surface area contributed by atoms with Gasteiger partial charge in [0.1, 0.15) is 6.61 Å². The maximum Gasteiger partial charge on any atom is 0.177 e. The van der Waals surface area contributed by atoms with Gasteiger partial charge in [-0.15, -0.1) is 0 Å². The second-order valence-electron chi connectivity index (χ2n) is 2.05. The van der Waals surface area contributed by atoms with Gasteiger partial charge in [0, 0.05) is 13.7 Å². The van der Waals surface area contributed by atoms with Gasteiger partial charge in [0.25, 0.3) is 0 Å². The van der Waals surface area contributed by atoms with E-state index in [4.69, 9.17) is 14.6 Å². The first-order valence-electron chi connectivity index (χ1n) is 3.64. The van der Waals surface area contributed by atoms with Crippen molar-refractivity contribution in [3.63, 3.8) is 0 Å². The van der Waals surface area contributed by atoms with E-state index in [9.17, 15) is 0 Å². The lowest BCUT2D eigenvalue weighted by Crippen LogP contribution is -2.22. The van der Waals surface area contributed by atoms with Crippen LogP contribution in [0.3, 0.4) is 0 Å². The molecule has 1 N–H and O–H groups in total. The molecule has 0 radical (unpaired) electrons. The van der Waals surface area contributed by atoms with Crippen LogP contribution in [0, 0.1) is 0 Å². The molecule has 0 aromatic carbocycles. The molecule has 4 nitrogen and oxygen atoms in total. The van der Waals surface area contributed by atoms with Gasteiger partial charge in [-0.2, -0.15) is 0 Å². The van der Waals surface area contributed by atoms with Gasteiger partial charge in [-0.3, -0.25) is 0 Å². The molecule has 11 heavy (non-hydrogen) atoms. The molecular formula is C7H16O4. The van der Waals surface area contributed by atoms with E-state index >= 15 is 0 Å². The number of aliphatic hydroxyl groups is 1. The van der Waals surface area contributed by atoms with E-state index in [1.807, 2.05) is 6.92 Å². The predicted octanol–water partition coefficient (Wildman–Crippen LogP) is 0.350. The monoisotopic (exact) mass is 164 g/mol. The van der Waals surface area contributed by atoms with Crippen molar-refractivity contribution in [2.75, 3.05) is 20.3 Å². The summed E-state index contributed by atoms with van der Waals surface area (Å²) in [6.45, 7) is 4.39. The second-order valence-corrected chi connectivity index (χ2v) is 2.05. The summed E-state index contributed by atoms with van der Waals surface area (Å²) in [7, 11) is 1.42. The standard InChI is InChI=1S/C7H16O4/c1-4-10-6(2)11-5-7(8)9-3/h6-8H,4-5H2,1-3H3. The minimum absolute atomic E-state index is 0.137. The molecule has 0 spiro atoms. The van der Waals surface area contributed by atoms with Crippen LogP contribution in [0.1, 0.15) is 13.8 Å². The molecule has 0 aliphatic rings. The molecule has 2 atom stereocenters. The maximum absolute atomic E-state index is 8.87. The summed E-state index contributed by atoms with van der Waals surface area (Å²) in [5.41, 5.74) is 0. The molecule has 0 saturated carbocycles. The third-order valence-electron chi connectivity index (χ3n) is 1.15.